The molecular weight excluding hydrogens is 382 g/mol. The molecule has 156 valence electrons. The minimum Gasteiger partial charge on any atom is -0.352 e. The number of carbonyl (C=O) groups is 1. The van der Waals surface area contributed by atoms with E-state index in [1.807, 2.05) is 41.1 Å². The third-order valence-electron chi connectivity index (χ3n) is 5.44. The second-order valence-electron chi connectivity index (χ2n) is 7.66. The van der Waals surface area contributed by atoms with Crippen molar-refractivity contribution in [1.29, 1.82) is 0 Å². The van der Waals surface area contributed by atoms with Gasteiger partial charge in [-0.05, 0) is 36.1 Å². The Morgan fingerprint density at radius 1 is 0.871 bits per heavy atom. The summed E-state index contributed by atoms with van der Waals surface area (Å²) in [6.07, 6.45) is 3.67. The molecule has 4 nitrogen and oxygen atoms in total. The zero-order valence-corrected chi connectivity index (χ0v) is 18.0. The van der Waals surface area contributed by atoms with E-state index in [0.29, 0.717) is 12.1 Å². The minimum atomic E-state index is -0.0876. The fourth-order valence-corrected chi connectivity index (χ4v) is 3.70. The summed E-state index contributed by atoms with van der Waals surface area (Å²) in [6.45, 7) is 4.83. The molecule has 0 spiro atoms. The van der Waals surface area contributed by atoms with E-state index in [9.17, 15) is 4.79 Å². The molecule has 4 aromatic rings. The maximum absolute atomic E-state index is 13.0. The van der Waals surface area contributed by atoms with Crippen LogP contribution in [0.2, 0.25) is 0 Å². The third kappa shape index (κ3) is 4.43. The fraction of sp³-hybridized carbons (Fsp3) is 0.185. The number of benzene rings is 3. The van der Waals surface area contributed by atoms with Crippen molar-refractivity contribution >= 4 is 5.91 Å². The Morgan fingerprint density at radius 3 is 2.23 bits per heavy atom. The lowest BCUT2D eigenvalue weighted by molar-refractivity contribution is 0.0954. The van der Waals surface area contributed by atoms with Crippen LogP contribution in [0.25, 0.3) is 28.1 Å². The molecule has 0 aliphatic rings. The molecule has 0 radical (unpaired) electrons. The van der Waals surface area contributed by atoms with Gasteiger partial charge in [-0.3, -0.25) is 4.79 Å². The summed E-state index contributed by atoms with van der Waals surface area (Å²) in [5.41, 5.74) is 6.73. The molecule has 0 saturated carbocycles. The van der Waals surface area contributed by atoms with Crippen molar-refractivity contribution in [2.45, 2.75) is 26.7 Å². The molecule has 1 amide bonds. The molecule has 0 saturated heterocycles. The SMILES string of the molecule is CCCCNC(=O)c1cnn(-c2ccccc2C)c1-c1ccc(-c2ccccc2)cc1. The Kier molecular flexibility index (Phi) is 6.27. The van der Waals surface area contributed by atoms with Crippen molar-refractivity contribution < 1.29 is 4.79 Å². The van der Waals surface area contributed by atoms with Gasteiger partial charge < -0.3 is 5.32 Å². The van der Waals surface area contributed by atoms with Crippen LogP contribution in [0.1, 0.15) is 35.7 Å². The van der Waals surface area contributed by atoms with Gasteiger partial charge in [0.15, 0.2) is 0 Å². The summed E-state index contributed by atoms with van der Waals surface area (Å²) in [7, 11) is 0. The summed E-state index contributed by atoms with van der Waals surface area (Å²) < 4.78 is 1.88. The second-order valence-corrected chi connectivity index (χ2v) is 7.66. The van der Waals surface area contributed by atoms with Gasteiger partial charge in [-0.2, -0.15) is 5.10 Å². The van der Waals surface area contributed by atoms with Crippen LogP contribution in [0.4, 0.5) is 0 Å². The highest BCUT2D eigenvalue weighted by Gasteiger charge is 2.20. The quantitative estimate of drug-likeness (QED) is 0.378. The minimum absolute atomic E-state index is 0.0876. The maximum atomic E-state index is 13.0. The number of hydrogen-bond donors (Lipinski definition) is 1. The lowest BCUT2D eigenvalue weighted by atomic mass is 10.0. The number of aromatic nitrogens is 2. The Balaban J connectivity index is 1.78. The topological polar surface area (TPSA) is 46.9 Å². The largest absolute Gasteiger partial charge is 0.352 e. The molecule has 0 unspecified atom stereocenters. The van der Waals surface area contributed by atoms with E-state index >= 15 is 0 Å². The molecule has 0 bridgehead atoms. The van der Waals surface area contributed by atoms with E-state index in [2.05, 4.69) is 66.7 Å². The van der Waals surface area contributed by atoms with Crippen molar-refractivity contribution in [1.82, 2.24) is 15.1 Å². The van der Waals surface area contributed by atoms with E-state index < -0.39 is 0 Å². The maximum Gasteiger partial charge on any atom is 0.255 e. The Bertz CT molecular complexity index is 1160. The fourth-order valence-electron chi connectivity index (χ4n) is 3.70. The van der Waals surface area contributed by atoms with E-state index in [1.165, 1.54) is 5.56 Å². The van der Waals surface area contributed by atoms with Gasteiger partial charge in [0.05, 0.1) is 23.1 Å². The summed E-state index contributed by atoms with van der Waals surface area (Å²) in [4.78, 5) is 13.0. The lowest BCUT2D eigenvalue weighted by Crippen LogP contribution is -2.24. The van der Waals surface area contributed by atoms with Gasteiger partial charge in [-0.1, -0.05) is 86.1 Å². The van der Waals surface area contributed by atoms with Crippen LogP contribution in [0.15, 0.2) is 85.1 Å². The van der Waals surface area contributed by atoms with Crippen molar-refractivity contribution in [2.24, 2.45) is 0 Å². The van der Waals surface area contributed by atoms with Crippen LogP contribution in [0, 0.1) is 6.92 Å². The normalized spacial score (nSPS) is 10.8. The van der Waals surface area contributed by atoms with Gasteiger partial charge in [0.2, 0.25) is 0 Å². The lowest BCUT2D eigenvalue weighted by Gasteiger charge is -2.13. The Morgan fingerprint density at radius 2 is 1.52 bits per heavy atom. The molecule has 0 fully saturated rings. The predicted molar refractivity (Wildman–Crippen MR) is 126 cm³/mol. The van der Waals surface area contributed by atoms with Crippen LogP contribution in [-0.2, 0) is 0 Å². The molecule has 0 aliphatic carbocycles. The van der Waals surface area contributed by atoms with E-state index in [4.69, 9.17) is 0 Å². The van der Waals surface area contributed by atoms with Crippen LogP contribution >= 0.6 is 0 Å². The standard InChI is InChI=1S/C27H27N3O/c1-3-4-18-28-27(31)24-19-29-30(25-13-9-8-10-20(25)2)26(24)23-16-14-22(15-17-23)21-11-6-5-7-12-21/h5-17,19H,3-4,18H2,1-2H3,(H,28,31). The highest BCUT2D eigenvalue weighted by Crippen LogP contribution is 2.30. The molecule has 1 aromatic heterocycles. The first kappa shape index (κ1) is 20.6. The first-order valence-corrected chi connectivity index (χ1v) is 10.8. The Hall–Kier alpha value is -3.66. The summed E-state index contributed by atoms with van der Waals surface area (Å²) in [5.74, 6) is -0.0876. The molecule has 31 heavy (non-hydrogen) atoms. The summed E-state index contributed by atoms with van der Waals surface area (Å²) in [6, 6.07) is 26.7. The first-order valence-electron chi connectivity index (χ1n) is 10.8. The molecule has 1 N–H and O–H groups in total. The smallest absolute Gasteiger partial charge is 0.255 e. The number of hydrogen-bond acceptors (Lipinski definition) is 2. The van der Waals surface area contributed by atoms with E-state index in [0.717, 1.165) is 40.9 Å². The average molecular weight is 410 g/mol. The molecule has 4 heteroatoms. The van der Waals surface area contributed by atoms with E-state index in [-0.39, 0.29) is 5.91 Å². The molecule has 1 heterocycles. The van der Waals surface area contributed by atoms with Gasteiger partial charge in [0, 0.05) is 12.1 Å². The summed E-state index contributed by atoms with van der Waals surface area (Å²) >= 11 is 0. The van der Waals surface area contributed by atoms with Gasteiger partial charge in [0.1, 0.15) is 0 Å². The number of rotatable bonds is 7. The van der Waals surface area contributed by atoms with Gasteiger partial charge in [-0.25, -0.2) is 4.68 Å². The monoisotopic (exact) mass is 409 g/mol. The van der Waals surface area contributed by atoms with Crippen LogP contribution in [-0.4, -0.2) is 22.2 Å². The van der Waals surface area contributed by atoms with Crippen molar-refractivity contribution in [3.05, 3.63) is 96.2 Å². The van der Waals surface area contributed by atoms with Crippen LogP contribution < -0.4 is 5.32 Å². The zero-order chi connectivity index (χ0) is 21.6. The molecule has 4 rings (SSSR count). The number of unbranched alkanes of at least 4 members (excludes halogenated alkanes) is 1. The number of nitrogens with zero attached hydrogens (tertiary/aromatic N) is 2. The number of nitrogens with one attached hydrogen (secondary N) is 1. The molecule has 3 aromatic carbocycles. The van der Waals surface area contributed by atoms with Crippen LogP contribution in [0.3, 0.4) is 0 Å². The zero-order valence-electron chi connectivity index (χ0n) is 18.0. The second kappa shape index (κ2) is 9.43. The molecule has 0 aliphatic heterocycles. The molecular formula is C27H27N3O. The van der Waals surface area contributed by atoms with E-state index in [1.54, 1.807) is 6.20 Å². The Labute approximate surface area is 183 Å². The van der Waals surface area contributed by atoms with Gasteiger partial charge in [-0.15, -0.1) is 0 Å². The highest BCUT2D eigenvalue weighted by molar-refractivity contribution is 6.00. The number of carbonyl (C=O) groups excluding carboxylic acids is 1. The predicted octanol–water partition coefficient (Wildman–Crippen LogP) is 6.04. The van der Waals surface area contributed by atoms with Gasteiger partial charge >= 0.3 is 0 Å². The summed E-state index contributed by atoms with van der Waals surface area (Å²) in [5, 5.41) is 7.64. The number of aryl methyl sites for hydroxylation is 1. The first-order chi connectivity index (χ1) is 15.2. The number of amides is 1. The van der Waals surface area contributed by atoms with Crippen molar-refractivity contribution in [3.8, 4) is 28.1 Å². The third-order valence-corrected chi connectivity index (χ3v) is 5.44. The molecule has 0 atom stereocenters. The number of para-hydroxylation sites is 1. The van der Waals surface area contributed by atoms with Crippen molar-refractivity contribution in [3.63, 3.8) is 0 Å². The van der Waals surface area contributed by atoms with Crippen molar-refractivity contribution in [2.75, 3.05) is 6.54 Å². The van der Waals surface area contributed by atoms with Crippen LogP contribution in [0.5, 0.6) is 0 Å². The average Bonchev–Trinajstić information content (AvgIpc) is 3.25. The highest BCUT2D eigenvalue weighted by atomic mass is 16.1. The van der Waals surface area contributed by atoms with Gasteiger partial charge in [0.25, 0.3) is 5.91 Å².